The number of benzene rings is 1. The second-order valence-corrected chi connectivity index (χ2v) is 11.4. The van der Waals surface area contributed by atoms with Crippen LogP contribution in [0.4, 0.5) is 5.69 Å². The van der Waals surface area contributed by atoms with Gasteiger partial charge in [0.05, 0.1) is 10.1 Å². The average molecular weight is 465 g/mol. The number of amides is 1. The van der Waals surface area contributed by atoms with Gasteiger partial charge >= 0.3 is 0 Å². The van der Waals surface area contributed by atoms with Crippen LogP contribution in [-0.2, 0) is 14.8 Å². The number of carbonyl (C=O) groups excluding carboxylic acids is 1. The quantitative estimate of drug-likeness (QED) is 0.617. The van der Waals surface area contributed by atoms with E-state index in [1.165, 1.54) is 47.5 Å². The van der Waals surface area contributed by atoms with E-state index in [0.29, 0.717) is 35.8 Å². The molecule has 168 valence electrons. The molecule has 0 radical (unpaired) electrons. The molecule has 2 fully saturated rings. The number of nitrogens with one attached hydrogen (secondary N) is 1. The van der Waals surface area contributed by atoms with Crippen molar-refractivity contribution in [3.63, 3.8) is 0 Å². The highest BCUT2D eigenvalue weighted by Crippen LogP contribution is 2.33. The summed E-state index contributed by atoms with van der Waals surface area (Å²) >= 11 is 1.23. The van der Waals surface area contributed by atoms with Crippen LogP contribution in [0.5, 0.6) is 0 Å². The zero-order valence-electron chi connectivity index (χ0n) is 17.6. The van der Waals surface area contributed by atoms with Crippen LogP contribution in [-0.4, -0.2) is 47.2 Å². The van der Waals surface area contributed by atoms with Gasteiger partial charge in [-0.2, -0.15) is 4.31 Å². The molecule has 2 heterocycles. The first-order valence-corrected chi connectivity index (χ1v) is 13.2. The minimum absolute atomic E-state index is 0.211. The molecule has 2 aromatic rings. The van der Waals surface area contributed by atoms with E-state index in [-0.39, 0.29) is 10.8 Å². The summed E-state index contributed by atoms with van der Waals surface area (Å²) in [4.78, 5) is 12.8. The number of hydrogen-bond donors (Lipinski definition) is 1. The van der Waals surface area contributed by atoms with Gasteiger partial charge in [0.1, 0.15) is 0 Å². The summed E-state index contributed by atoms with van der Waals surface area (Å²) in [7, 11) is -3.46. The van der Waals surface area contributed by atoms with Crippen molar-refractivity contribution in [2.75, 3.05) is 18.4 Å². The van der Waals surface area contributed by atoms with Crippen molar-refractivity contribution >= 4 is 33.4 Å². The third kappa shape index (κ3) is 5.30. The monoisotopic (exact) mass is 464 g/mol. The molecule has 1 aliphatic carbocycles. The Kier molecular flexibility index (Phi) is 6.98. The fourth-order valence-corrected chi connectivity index (χ4v) is 6.23. The van der Waals surface area contributed by atoms with Crippen molar-refractivity contribution in [1.82, 2.24) is 14.5 Å². The standard InChI is InChI=1S/C21H28N4O4S2/c1-15(30-21-24-23-20(29-21)16-7-3-2-4-8-16)19(26)22-17-9-11-18(12-10-17)31(27,28)25-13-5-6-14-25/h9-12,15-16H,2-8,13-14H2,1H3,(H,22,26). The zero-order valence-corrected chi connectivity index (χ0v) is 19.3. The molecule has 8 nitrogen and oxygen atoms in total. The van der Waals surface area contributed by atoms with Crippen molar-refractivity contribution in [2.24, 2.45) is 0 Å². The van der Waals surface area contributed by atoms with Gasteiger partial charge < -0.3 is 9.73 Å². The first-order valence-electron chi connectivity index (χ1n) is 10.8. The Bertz CT molecular complexity index is 995. The molecule has 1 unspecified atom stereocenters. The second kappa shape index (κ2) is 9.70. The SMILES string of the molecule is CC(Sc1nnc(C2CCCCC2)o1)C(=O)Nc1ccc(S(=O)(=O)N2CCCC2)cc1. The van der Waals surface area contributed by atoms with Gasteiger partial charge in [0.15, 0.2) is 0 Å². The average Bonchev–Trinajstić information content (AvgIpc) is 3.47. The maximum atomic E-state index is 12.6. The Labute approximate surface area is 187 Å². The van der Waals surface area contributed by atoms with E-state index in [1.807, 2.05) is 0 Å². The fraction of sp³-hybridized carbons (Fsp3) is 0.571. The first kappa shape index (κ1) is 22.3. The maximum Gasteiger partial charge on any atom is 0.277 e. The number of carbonyl (C=O) groups is 1. The largest absolute Gasteiger partial charge is 0.416 e. The molecular formula is C21H28N4O4S2. The Balaban J connectivity index is 1.33. The third-order valence-electron chi connectivity index (χ3n) is 5.85. The number of rotatable bonds is 7. The Morgan fingerprint density at radius 3 is 2.45 bits per heavy atom. The number of sulfonamides is 1. The Hall–Kier alpha value is -1.91. The van der Waals surface area contributed by atoms with Crippen LogP contribution in [0.15, 0.2) is 38.8 Å². The molecule has 1 saturated heterocycles. The predicted molar refractivity (Wildman–Crippen MR) is 119 cm³/mol. The van der Waals surface area contributed by atoms with E-state index in [9.17, 15) is 13.2 Å². The molecule has 0 spiro atoms. The molecule has 2 aliphatic rings. The first-order chi connectivity index (χ1) is 14.9. The van der Waals surface area contributed by atoms with Crippen LogP contribution in [0.3, 0.4) is 0 Å². The lowest BCUT2D eigenvalue weighted by molar-refractivity contribution is -0.115. The number of nitrogens with zero attached hydrogens (tertiary/aromatic N) is 3. The highest BCUT2D eigenvalue weighted by Gasteiger charge is 2.27. The van der Waals surface area contributed by atoms with Crippen LogP contribution in [0, 0.1) is 0 Å². The number of aromatic nitrogens is 2. The molecule has 4 rings (SSSR count). The lowest BCUT2D eigenvalue weighted by atomic mass is 9.89. The van der Waals surface area contributed by atoms with Crippen molar-refractivity contribution in [1.29, 1.82) is 0 Å². The lowest BCUT2D eigenvalue weighted by Crippen LogP contribution is -2.27. The van der Waals surface area contributed by atoms with Crippen molar-refractivity contribution < 1.29 is 17.6 Å². The van der Waals surface area contributed by atoms with Crippen LogP contribution < -0.4 is 5.32 Å². The molecular weight excluding hydrogens is 436 g/mol. The van der Waals surface area contributed by atoms with Crippen LogP contribution in [0.2, 0.25) is 0 Å². The summed E-state index contributed by atoms with van der Waals surface area (Å²) in [6.45, 7) is 2.90. The van der Waals surface area contributed by atoms with Gasteiger partial charge in [0.2, 0.25) is 21.8 Å². The van der Waals surface area contributed by atoms with Gasteiger partial charge in [-0.3, -0.25) is 4.79 Å². The number of hydrogen-bond acceptors (Lipinski definition) is 7. The summed E-state index contributed by atoms with van der Waals surface area (Å²) in [6.07, 6.45) is 7.57. The van der Waals surface area contributed by atoms with Gasteiger partial charge in [-0.15, -0.1) is 10.2 Å². The van der Waals surface area contributed by atoms with Gasteiger partial charge in [0, 0.05) is 24.7 Å². The summed E-state index contributed by atoms with van der Waals surface area (Å²) in [5, 5.41) is 11.0. The molecule has 1 amide bonds. The predicted octanol–water partition coefficient (Wildman–Crippen LogP) is 4.02. The van der Waals surface area contributed by atoms with E-state index >= 15 is 0 Å². The third-order valence-corrected chi connectivity index (χ3v) is 8.70. The topological polar surface area (TPSA) is 105 Å². The number of thioether (sulfide) groups is 1. The van der Waals surface area contributed by atoms with E-state index in [1.54, 1.807) is 19.1 Å². The summed E-state index contributed by atoms with van der Waals surface area (Å²) in [6, 6.07) is 6.31. The lowest BCUT2D eigenvalue weighted by Gasteiger charge is -2.17. The van der Waals surface area contributed by atoms with Crippen molar-refractivity contribution in [3.05, 3.63) is 30.2 Å². The van der Waals surface area contributed by atoms with Crippen molar-refractivity contribution in [3.8, 4) is 0 Å². The van der Waals surface area contributed by atoms with Gasteiger partial charge in [0.25, 0.3) is 5.22 Å². The summed E-state index contributed by atoms with van der Waals surface area (Å²) in [5.41, 5.74) is 0.547. The molecule has 0 bridgehead atoms. The van der Waals surface area contributed by atoms with Gasteiger partial charge in [-0.25, -0.2) is 8.42 Å². The normalized spacial score (nSPS) is 19.4. The van der Waals surface area contributed by atoms with Crippen LogP contribution in [0.25, 0.3) is 0 Å². The van der Waals surface area contributed by atoms with Crippen molar-refractivity contribution in [2.45, 2.75) is 73.2 Å². The highest BCUT2D eigenvalue weighted by atomic mass is 32.2. The smallest absolute Gasteiger partial charge is 0.277 e. The van der Waals surface area contributed by atoms with Crippen LogP contribution >= 0.6 is 11.8 Å². The molecule has 1 aromatic carbocycles. The van der Waals surface area contributed by atoms with E-state index in [4.69, 9.17) is 4.42 Å². The molecule has 1 aliphatic heterocycles. The Morgan fingerprint density at radius 1 is 1.10 bits per heavy atom. The summed E-state index contributed by atoms with van der Waals surface area (Å²) in [5.74, 6) is 0.789. The minimum atomic E-state index is -3.46. The maximum absolute atomic E-state index is 12.6. The summed E-state index contributed by atoms with van der Waals surface area (Å²) < 4.78 is 32.5. The molecule has 1 aromatic heterocycles. The molecule has 1 N–H and O–H groups in total. The van der Waals surface area contributed by atoms with Gasteiger partial charge in [-0.05, 0) is 56.9 Å². The van der Waals surface area contributed by atoms with Gasteiger partial charge in [-0.1, -0.05) is 31.0 Å². The second-order valence-electron chi connectivity index (χ2n) is 8.13. The van der Waals surface area contributed by atoms with E-state index < -0.39 is 15.3 Å². The number of anilines is 1. The van der Waals surface area contributed by atoms with E-state index in [2.05, 4.69) is 15.5 Å². The molecule has 10 heteroatoms. The highest BCUT2D eigenvalue weighted by molar-refractivity contribution is 8.00. The molecule has 1 atom stereocenters. The zero-order chi connectivity index (χ0) is 21.8. The minimum Gasteiger partial charge on any atom is -0.416 e. The Morgan fingerprint density at radius 2 is 1.77 bits per heavy atom. The van der Waals surface area contributed by atoms with Crippen LogP contribution in [0.1, 0.15) is 63.7 Å². The molecule has 1 saturated carbocycles. The molecule has 31 heavy (non-hydrogen) atoms. The fourth-order valence-electron chi connectivity index (χ4n) is 4.02. The van der Waals surface area contributed by atoms with E-state index in [0.717, 1.165) is 25.7 Å².